The molecule has 0 saturated heterocycles. The maximum Gasteiger partial charge on any atom is 0.148 e. The third-order valence-corrected chi connectivity index (χ3v) is 2.15. The van der Waals surface area contributed by atoms with Crippen LogP contribution in [0.25, 0.3) is 0 Å². The molecule has 1 atom stereocenters. The molecule has 1 heterocycles. The lowest BCUT2D eigenvalue weighted by Gasteiger charge is -2.14. The van der Waals surface area contributed by atoms with Crippen LogP contribution in [0, 0.1) is 0 Å². The Morgan fingerprint density at radius 3 is 2.69 bits per heavy atom. The molecule has 16 heavy (non-hydrogen) atoms. The van der Waals surface area contributed by atoms with Crippen LogP contribution in [0.5, 0.6) is 0 Å². The summed E-state index contributed by atoms with van der Waals surface area (Å²) >= 11 is 0. The summed E-state index contributed by atoms with van der Waals surface area (Å²) in [6.07, 6.45) is 1.27. The smallest absolute Gasteiger partial charge is 0.148 e. The van der Waals surface area contributed by atoms with Crippen LogP contribution in [-0.4, -0.2) is 39.4 Å². The first-order chi connectivity index (χ1) is 7.72. The summed E-state index contributed by atoms with van der Waals surface area (Å²) in [5.41, 5.74) is 3.33. The van der Waals surface area contributed by atoms with Gasteiger partial charge < -0.3 is 21.0 Å². The molecule has 0 spiro atoms. The van der Waals surface area contributed by atoms with Gasteiger partial charge in [-0.05, 0) is 6.42 Å². The molecule has 0 bridgehead atoms. The van der Waals surface area contributed by atoms with Gasteiger partial charge in [-0.1, -0.05) is 6.92 Å². The third-order valence-electron chi connectivity index (χ3n) is 2.15. The van der Waals surface area contributed by atoms with E-state index in [0.717, 1.165) is 5.56 Å². The predicted octanol–water partition coefficient (Wildman–Crippen LogP) is -0.910. The van der Waals surface area contributed by atoms with Crippen molar-refractivity contribution in [3.63, 3.8) is 0 Å². The quantitative estimate of drug-likeness (QED) is 0.315. The van der Waals surface area contributed by atoms with Gasteiger partial charge in [0.15, 0.2) is 0 Å². The Hall–Kier alpha value is -1.44. The topological polar surface area (TPSA) is 116 Å². The maximum absolute atomic E-state index is 9.21. The average Bonchev–Trinajstić information content (AvgIpc) is 2.34. The van der Waals surface area contributed by atoms with Crippen LogP contribution in [0.15, 0.2) is 6.33 Å². The number of hydrazine groups is 1. The monoisotopic (exact) mass is 227 g/mol. The molecule has 0 aliphatic carbocycles. The number of nitrogens with zero attached hydrogens (tertiary/aromatic N) is 2. The fourth-order valence-electron chi connectivity index (χ4n) is 1.30. The number of anilines is 2. The van der Waals surface area contributed by atoms with Crippen molar-refractivity contribution in [2.24, 2.45) is 5.84 Å². The van der Waals surface area contributed by atoms with Gasteiger partial charge in [0.05, 0.1) is 12.7 Å². The molecule has 1 unspecified atom stereocenters. The summed E-state index contributed by atoms with van der Waals surface area (Å²) in [4.78, 5) is 8.03. The number of rotatable bonds is 6. The van der Waals surface area contributed by atoms with Crippen molar-refractivity contribution < 1.29 is 10.2 Å². The summed E-state index contributed by atoms with van der Waals surface area (Å²) in [6.45, 7) is 1.89. The molecular weight excluding hydrogens is 210 g/mol. The summed E-state index contributed by atoms with van der Waals surface area (Å²) in [7, 11) is 0. The largest absolute Gasteiger partial charge is 0.394 e. The van der Waals surface area contributed by atoms with Crippen LogP contribution in [-0.2, 0) is 6.42 Å². The number of aliphatic hydroxyl groups excluding tert-OH is 2. The van der Waals surface area contributed by atoms with Crippen molar-refractivity contribution in [2.75, 3.05) is 23.9 Å². The second-order valence-electron chi connectivity index (χ2n) is 3.26. The van der Waals surface area contributed by atoms with Gasteiger partial charge in [-0.3, -0.25) is 0 Å². The highest BCUT2D eigenvalue weighted by Crippen LogP contribution is 2.19. The van der Waals surface area contributed by atoms with Crippen LogP contribution < -0.4 is 16.6 Å². The standard InChI is InChI=1S/C9H17N5O2/c1-2-7-8(11-3-6(16)4-15)12-5-13-9(7)14-10/h5-6,15-16H,2-4,10H2,1H3,(H2,11,12,13,14). The Balaban J connectivity index is 2.78. The van der Waals surface area contributed by atoms with E-state index in [-0.39, 0.29) is 13.2 Å². The van der Waals surface area contributed by atoms with Crippen LogP contribution in [0.1, 0.15) is 12.5 Å². The Labute approximate surface area is 93.7 Å². The molecular formula is C9H17N5O2. The van der Waals surface area contributed by atoms with Gasteiger partial charge in [0.2, 0.25) is 0 Å². The van der Waals surface area contributed by atoms with Gasteiger partial charge >= 0.3 is 0 Å². The van der Waals surface area contributed by atoms with E-state index in [0.29, 0.717) is 18.1 Å². The lowest BCUT2D eigenvalue weighted by molar-refractivity contribution is 0.105. The molecule has 90 valence electrons. The van der Waals surface area contributed by atoms with E-state index in [1.807, 2.05) is 6.92 Å². The molecule has 1 rings (SSSR count). The minimum atomic E-state index is -0.811. The van der Waals surface area contributed by atoms with E-state index in [1.165, 1.54) is 6.33 Å². The average molecular weight is 227 g/mol. The second kappa shape index (κ2) is 6.21. The number of nitrogens with one attached hydrogen (secondary N) is 2. The summed E-state index contributed by atoms with van der Waals surface area (Å²) in [5.74, 6) is 6.48. The van der Waals surface area contributed by atoms with Crippen LogP contribution in [0.4, 0.5) is 11.6 Å². The van der Waals surface area contributed by atoms with E-state index in [2.05, 4.69) is 20.7 Å². The van der Waals surface area contributed by atoms with Crippen molar-refractivity contribution in [1.82, 2.24) is 9.97 Å². The molecule has 1 aromatic rings. The molecule has 0 fully saturated rings. The van der Waals surface area contributed by atoms with Crippen molar-refractivity contribution >= 4 is 11.6 Å². The highest BCUT2D eigenvalue weighted by atomic mass is 16.3. The number of hydrogen-bond acceptors (Lipinski definition) is 7. The van der Waals surface area contributed by atoms with Crippen LogP contribution in [0.2, 0.25) is 0 Å². The van der Waals surface area contributed by atoms with Crippen molar-refractivity contribution in [1.29, 1.82) is 0 Å². The molecule has 0 aliphatic heterocycles. The summed E-state index contributed by atoms with van der Waals surface area (Å²) < 4.78 is 0. The summed E-state index contributed by atoms with van der Waals surface area (Å²) in [5, 5.41) is 20.8. The fraction of sp³-hybridized carbons (Fsp3) is 0.556. The molecule has 0 amide bonds. The number of nitrogen functional groups attached to an aromatic ring is 1. The minimum Gasteiger partial charge on any atom is -0.394 e. The Bertz CT molecular complexity index is 334. The molecule has 6 N–H and O–H groups in total. The van der Waals surface area contributed by atoms with Gasteiger partial charge in [0.1, 0.15) is 18.0 Å². The molecule has 7 heteroatoms. The Morgan fingerprint density at radius 1 is 1.44 bits per heavy atom. The van der Waals surface area contributed by atoms with Crippen molar-refractivity contribution in [3.05, 3.63) is 11.9 Å². The normalized spacial score (nSPS) is 12.2. The molecule has 0 aliphatic rings. The van der Waals surface area contributed by atoms with Crippen LogP contribution in [0.3, 0.4) is 0 Å². The van der Waals surface area contributed by atoms with E-state index in [1.54, 1.807) is 0 Å². The molecule has 0 radical (unpaired) electrons. The van der Waals surface area contributed by atoms with Crippen LogP contribution >= 0.6 is 0 Å². The molecule has 0 saturated carbocycles. The van der Waals surface area contributed by atoms with Gasteiger partial charge in [0, 0.05) is 12.1 Å². The fourth-order valence-corrected chi connectivity index (χ4v) is 1.30. The predicted molar refractivity (Wildman–Crippen MR) is 60.8 cm³/mol. The first-order valence-corrected chi connectivity index (χ1v) is 5.06. The lowest BCUT2D eigenvalue weighted by atomic mass is 10.2. The first kappa shape index (κ1) is 12.6. The zero-order valence-corrected chi connectivity index (χ0v) is 9.14. The highest BCUT2D eigenvalue weighted by molar-refractivity contribution is 5.56. The Morgan fingerprint density at radius 2 is 2.12 bits per heavy atom. The van der Waals surface area contributed by atoms with Gasteiger partial charge in [-0.25, -0.2) is 15.8 Å². The van der Waals surface area contributed by atoms with Crippen molar-refractivity contribution in [3.8, 4) is 0 Å². The molecule has 0 aromatic carbocycles. The van der Waals surface area contributed by atoms with E-state index in [4.69, 9.17) is 10.9 Å². The maximum atomic E-state index is 9.21. The van der Waals surface area contributed by atoms with Gasteiger partial charge in [-0.2, -0.15) is 0 Å². The summed E-state index contributed by atoms with van der Waals surface area (Å²) in [6, 6.07) is 0. The zero-order valence-electron chi connectivity index (χ0n) is 9.14. The number of nitrogens with two attached hydrogens (primary N) is 1. The number of aliphatic hydroxyl groups is 2. The SMILES string of the molecule is CCc1c(NN)ncnc1NCC(O)CO. The van der Waals surface area contributed by atoms with Gasteiger partial charge in [0.25, 0.3) is 0 Å². The number of hydrogen-bond donors (Lipinski definition) is 5. The number of aromatic nitrogens is 2. The third kappa shape index (κ3) is 3.02. The Kier molecular flexibility index (Phi) is 4.90. The van der Waals surface area contributed by atoms with Crippen molar-refractivity contribution in [2.45, 2.75) is 19.4 Å². The lowest BCUT2D eigenvalue weighted by Crippen LogP contribution is -2.24. The molecule has 1 aromatic heterocycles. The van der Waals surface area contributed by atoms with E-state index < -0.39 is 6.10 Å². The van der Waals surface area contributed by atoms with Gasteiger partial charge in [-0.15, -0.1) is 0 Å². The van der Waals surface area contributed by atoms with E-state index in [9.17, 15) is 5.11 Å². The highest BCUT2D eigenvalue weighted by Gasteiger charge is 2.09. The van der Waals surface area contributed by atoms with E-state index >= 15 is 0 Å². The first-order valence-electron chi connectivity index (χ1n) is 5.06. The molecule has 7 nitrogen and oxygen atoms in total. The second-order valence-corrected chi connectivity index (χ2v) is 3.26. The minimum absolute atomic E-state index is 0.227. The zero-order chi connectivity index (χ0) is 12.0.